The summed E-state index contributed by atoms with van der Waals surface area (Å²) in [7, 11) is 0. The van der Waals surface area contributed by atoms with Crippen LogP contribution >= 0.6 is 0 Å². The van der Waals surface area contributed by atoms with E-state index in [4.69, 9.17) is 4.74 Å². The van der Waals surface area contributed by atoms with Crippen molar-refractivity contribution in [2.45, 2.75) is 27.2 Å². The van der Waals surface area contributed by atoms with Crippen molar-refractivity contribution in [1.82, 2.24) is 19.7 Å². The third-order valence-corrected chi connectivity index (χ3v) is 2.50. The van der Waals surface area contributed by atoms with Gasteiger partial charge in [0.15, 0.2) is 5.69 Å². The number of nitrogens with zero attached hydrogens (tertiary/aromatic N) is 4. The maximum absolute atomic E-state index is 12.0. The largest absolute Gasteiger partial charge is 0.461 e. The zero-order chi connectivity index (χ0) is 13.8. The van der Waals surface area contributed by atoms with Crippen LogP contribution in [0.2, 0.25) is 0 Å². The molecule has 0 N–H and O–H groups in total. The monoisotopic (exact) mass is 260 g/mol. The Balaban J connectivity index is 2.41. The number of aryl methyl sites for hydroxylation is 2. The molecule has 0 bridgehead atoms. The minimum absolute atomic E-state index is 0.262. The van der Waals surface area contributed by atoms with Gasteiger partial charge < -0.3 is 4.74 Å². The van der Waals surface area contributed by atoms with Crippen molar-refractivity contribution in [2.75, 3.05) is 6.61 Å². The van der Waals surface area contributed by atoms with E-state index in [0.717, 1.165) is 12.1 Å². The van der Waals surface area contributed by atoms with Crippen LogP contribution in [0.5, 0.6) is 0 Å². The molecule has 0 aliphatic heterocycles. The average molecular weight is 260 g/mol. The quantitative estimate of drug-likeness (QED) is 0.784. The van der Waals surface area contributed by atoms with Gasteiger partial charge >= 0.3 is 5.97 Å². The number of hydrogen-bond acceptors (Lipinski definition) is 5. The van der Waals surface area contributed by atoms with Crippen LogP contribution in [0.15, 0.2) is 18.5 Å². The number of esters is 1. The van der Waals surface area contributed by atoms with Gasteiger partial charge in [-0.25, -0.2) is 19.4 Å². The van der Waals surface area contributed by atoms with Gasteiger partial charge in [0.25, 0.3) is 0 Å². The topological polar surface area (TPSA) is 69.9 Å². The van der Waals surface area contributed by atoms with E-state index in [1.54, 1.807) is 19.3 Å². The molecule has 0 amide bonds. The maximum Gasteiger partial charge on any atom is 0.359 e. The lowest BCUT2D eigenvalue weighted by atomic mass is 10.2. The van der Waals surface area contributed by atoms with Gasteiger partial charge in [-0.15, -0.1) is 0 Å². The molecule has 6 nitrogen and oxygen atoms in total. The molecule has 0 saturated heterocycles. The van der Waals surface area contributed by atoms with Crippen LogP contribution in [0.4, 0.5) is 0 Å². The smallest absolute Gasteiger partial charge is 0.359 e. The van der Waals surface area contributed by atoms with E-state index in [2.05, 4.69) is 15.1 Å². The standard InChI is InChI=1S/C13H16N4O2/c1-4-7-19-13(18)12-11(6-5-9(2)15-12)17-8-14-10(3)16-17/h5-6,8H,4,7H2,1-3H3. The number of aromatic nitrogens is 4. The third kappa shape index (κ3) is 2.96. The van der Waals surface area contributed by atoms with Crippen molar-refractivity contribution in [2.24, 2.45) is 0 Å². The van der Waals surface area contributed by atoms with Crippen molar-refractivity contribution >= 4 is 5.97 Å². The van der Waals surface area contributed by atoms with Gasteiger partial charge in [0.05, 0.1) is 12.3 Å². The van der Waals surface area contributed by atoms with E-state index in [1.165, 1.54) is 4.68 Å². The summed E-state index contributed by atoms with van der Waals surface area (Å²) in [6.45, 7) is 5.93. The first-order valence-electron chi connectivity index (χ1n) is 6.15. The van der Waals surface area contributed by atoms with Gasteiger partial charge in [0.2, 0.25) is 0 Å². The van der Waals surface area contributed by atoms with Gasteiger partial charge in [-0.2, -0.15) is 5.10 Å². The number of carbonyl (C=O) groups is 1. The lowest BCUT2D eigenvalue weighted by Gasteiger charge is -2.08. The number of hydrogen-bond donors (Lipinski definition) is 0. The fourth-order valence-electron chi connectivity index (χ4n) is 1.61. The summed E-state index contributed by atoms with van der Waals surface area (Å²) in [5.74, 6) is 0.196. The average Bonchev–Trinajstić information content (AvgIpc) is 2.82. The minimum atomic E-state index is -0.436. The van der Waals surface area contributed by atoms with Crippen LogP contribution in [-0.2, 0) is 4.74 Å². The molecule has 0 atom stereocenters. The first kappa shape index (κ1) is 13.2. The number of ether oxygens (including phenoxy) is 1. The summed E-state index contributed by atoms with van der Waals surface area (Å²) in [5, 5.41) is 4.19. The molecule has 0 saturated carbocycles. The van der Waals surface area contributed by atoms with Crippen LogP contribution in [0, 0.1) is 13.8 Å². The zero-order valence-corrected chi connectivity index (χ0v) is 11.3. The molecule has 2 aromatic heterocycles. The molecule has 6 heteroatoms. The summed E-state index contributed by atoms with van der Waals surface area (Å²) in [6, 6.07) is 3.61. The summed E-state index contributed by atoms with van der Waals surface area (Å²) in [5.41, 5.74) is 1.59. The molecule has 0 radical (unpaired) electrons. The predicted octanol–water partition coefficient (Wildman–Crippen LogP) is 1.85. The lowest BCUT2D eigenvalue weighted by Crippen LogP contribution is -2.13. The molecule has 0 unspecified atom stereocenters. The van der Waals surface area contributed by atoms with Crippen LogP contribution in [0.25, 0.3) is 5.69 Å². The molecular weight excluding hydrogens is 244 g/mol. The summed E-state index contributed by atoms with van der Waals surface area (Å²) in [4.78, 5) is 20.3. The van der Waals surface area contributed by atoms with Crippen molar-refractivity contribution in [3.63, 3.8) is 0 Å². The molecule has 2 aromatic rings. The van der Waals surface area contributed by atoms with Gasteiger partial charge in [0, 0.05) is 5.69 Å². The second-order valence-corrected chi connectivity index (χ2v) is 4.19. The van der Waals surface area contributed by atoms with Gasteiger partial charge in [-0.1, -0.05) is 6.92 Å². The molecule has 0 spiro atoms. The Morgan fingerprint density at radius 1 is 1.37 bits per heavy atom. The zero-order valence-electron chi connectivity index (χ0n) is 11.3. The van der Waals surface area contributed by atoms with E-state index < -0.39 is 5.97 Å². The number of carbonyl (C=O) groups excluding carboxylic acids is 1. The van der Waals surface area contributed by atoms with Gasteiger partial charge in [-0.05, 0) is 32.4 Å². The Morgan fingerprint density at radius 2 is 2.16 bits per heavy atom. The van der Waals surface area contributed by atoms with Crippen molar-refractivity contribution in [3.05, 3.63) is 35.7 Å². The molecule has 0 aliphatic carbocycles. The number of rotatable bonds is 4. The fourth-order valence-corrected chi connectivity index (χ4v) is 1.61. The van der Waals surface area contributed by atoms with Crippen LogP contribution in [-0.4, -0.2) is 32.3 Å². The van der Waals surface area contributed by atoms with Gasteiger partial charge in [-0.3, -0.25) is 0 Å². The molecule has 2 heterocycles. The highest BCUT2D eigenvalue weighted by Crippen LogP contribution is 2.14. The summed E-state index contributed by atoms with van der Waals surface area (Å²) in [6.07, 6.45) is 2.33. The first-order valence-corrected chi connectivity index (χ1v) is 6.15. The van der Waals surface area contributed by atoms with Crippen molar-refractivity contribution in [3.8, 4) is 5.69 Å². The first-order chi connectivity index (χ1) is 9.11. The van der Waals surface area contributed by atoms with E-state index in [1.807, 2.05) is 19.9 Å². The van der Waals surface area contributed by atoms with E-state index in [0.29, 0.717) is 18.1 Å². The van der Waals surface area contributed by atoms with E-state index >= 15 is 0 Å². The molecular formula is C13H16N4O2. The minimum Gasteiger partial charge on any atom is -0.461 e. The molecule has 100 valence electrons. The molecule has 19 heavy (non-hydrogen) atoms. The van der Waals surface area contributed by atoms with E-state index in [-0.39, 0.29) is 5.69 Å². The van der Waals surface area contributed by atoms with Crippen LogP contribution < -0.4 is 0 Å². The Bertz CT molecular complexity index is 592. The Hall–Kier alpha value is -2.24. The Labute approximate surface area is 111 Å². The normalized spacial score (nSPS) is 10.5. The van der Waals surface area contributed by atoms with E-state index in [9.17, 15) is 4.79 Å². The second kappa shape index (κ2) is 5.60. The Morgan fingerprint density at radius 3 is 2.79 bits per heavy atom. The molecule has 0 fully saturated rings. The summed E-state index contributed by atoms with van der Waals surface area (Å²) < 4.78 is 6.67. The SMILES string of the molecule is CCCOC(=O)c1nc(C)ccc1-n1cnc(C)n1. The highest BCUT2D eigenvalue weighted by Gasteiger charge is 2.17. The van der Waals surface area contributed by atoms with Crippen molar-refractivity contribution < 1.29 is 9.53 Å². The van der Waals surface area contributed by atoms with Crippen LogP contribution in [0.1, 0.15) is 35.4 Å². The lowest BCUT2D eigenvalue weighted by molar-refractivity contribution is 0.0498. The second-order valence-electron chi connectivity index (χ2n) is 4.19. The predicted molar refractivity (Wildman–Crippen MR) is 69.2 cm³/mol. The Kier molecular flexibility index (Phi) is 3.89. The summed E-state index contributed by atoms with van der Waals surface area (Å²) >= 11 is 0. The maximum atomic E-state index is 12.0. The molecule has 0 aromatic carbocycles. The number of pyridine rings is 1. The third-order valence-electron chi connectivity index (χ3n) is 2.50. The molecule has 2 rings (SSSR count). The fraction of sp³-hybridized carbons (Fsp3) is 0.385. The molecule has 0 aliphatic rings. The van der Waals surface area contributed by atoms with Crippen LogP contribution in [0.3, 0.4) is 0 Å². The van der Waals surface area contributed by atoms with Gasteiger partial charge in [0.1, 0.15) is 12.2 Å². The highest BCUT2D eigenvalue weighted by atomic mass is 16.5. The van der Waals surface area contributed by atoms with Crippen molar-refractivity contribution in [1.29, 1.82) is 0 Å². The highest BCUT2D eigenvalue weighted by molar-refractivity contribution is 5.91.